The van der Waals surface area contributed by atoms with Gasteiger partial charge in [0.05, 0.1) is 11.5 Å². The Balaban J connectivity index is 2.45. The SMILES string of the molecule is CC(C)(C)c1nn(Cc2ccc(Cl)cc2)c(N)c1[N+](=O)[O-]. The molecule has 0 fully saturated rings. The van der Waals surface area contributed by atoms with Crippen LogP contribution in [0.2, 0.25) is 5.02 Å². The lowest BCUT2D eigenvalue weighted by molar-refractivity contribution is -0.385. The Labute approximate surface area is 127 Å². The highest BCUT2D eigenvalue weighted by molar-refractivity contribution is 6.30. The number of aromatic nitrogens is 2. The Morgan fingerprint density at radius 1 is 1.33 bits per heavy atom. The normalized spacial score (nSPS) is 11.6. The number of nitro groups is 1. The molecule has 0 bridgehead atoms. The van der Waals surface area contributed by atoms with E-state index in [2.05, 4.69) is 5.10 Å². The molecule has 0 spiro atoms. The Morgan fingerprint density at radius 3 is 2.33 bits per heavy atom. The molecule has 6 nitrogen and oxygen atoms in total. The maximum absolute atomic E-state index is 11.3. The van der Waals surface area contributed by atoms with E-state index in [1.807, 2.05) is 32.9 Å². The van der Waals surface area contributed by atoms with Crippen molar-refractivity contribution in [3.63, 3.8) is 0 Å². The van der Waals surface area contributed by atoms with Gasteiger partial charge in [0.25, 0.3) is 0 Å². The maximum atomic E-state index is 11.3. The minimum atomic E-state index is -0.471. The molecule has 2 N–H and O–H groups in total. The molecular formula is C14H17ClN4O2. The topological polar surface area (TPSA) is 87.0 Å². The van der Waals surface area contributed by atoms with Crippen LogP contribution in [0, 0.1) is 10.1 Å². The van der Waals surface area contributed by atoms with Crippen molar-refractivity contribution in [1.82, 2.24) is 9.78 Å². The molecule has 1 aromatic carbocycles. The van der Waals surface area contributed by atoms with Crippen LogP contribution in [0.1, 0.15) is 32.0 Å². The summed E-state index contributed by atoms with van der Waals surface area (Å²) in [6.45, 7) is 5.97. The van der Waals surface area contributed by atoms with Gasteiger partial charge in [-0.1, -0.05) is 44.5 Å². The molecule has 21 heavy (non-hydrogen) atoms. The number of benzene rings is 1. The lowest BCUT2D eigenvalue weighted by Gasteiger charge is -2.13. The number of halogens is 1. The third-order valence-electron chi connectivity index (χ3n) is 3.10. The highest BCUT2D eigenvalue weighted by Crippen LogP contribution is 2.35. The van der Waals surface area contributed by atoms with Crippen LogP contribution in [0.25, 0.3) is 0 Å². The Hall–Kier alpha value is -2.08. The Kier molecular flexibility index (Phi) is 3.91. The molecular weight excluding hydrogens is 292 g/mol. The van der Waals surface area contributed by atoms with E-state index in [1.54, 1.807) is 12.1 Å². The highest BCUT2D eigenvalue weighted by atomic mass is 35.5. The van der Waals surface area contributed by atoms with Gasteiger partial charge in [0, 0.05) is 10.4 Å². The van der Waals surface area contributed by atoms with Crippen LogP contribution in [0.15, 0.2) is 24.3 Å². The molecule has 0 atom stereocenters. The van der Waals surface area contributed by atoms with Crippen molar-refractivity contribution >= 4 is 23.1 Å². The molecule has 2 rings (SSSR count). The fourth-order valence-electron chi connectivity index (χ4n) is 2.03. The van der Waals surface area contributed by atoms with E-state index in [0.29, 0.717) is 17.3 Å². The number of rotatable bonds is 3. The van der Waals surface area contributed by atoms with Gasteiger partial charge < -0.3 is 5.73 Å². The van der Waals surface area contributed by atoms with Gasteiger partial charge in [-0.25, -0.2) is 4.68 Å². The predicted molar refractivity (Wildman–Crippen MR) is 82.5 cm³/mol. The van der Waals surface area contributed by atoms with Crippen molar-refractivity contribution in [2.75, 3.05) is 5.73 Å². The van der Waals surface area contributed by atoms with E-state index in [4.69, 9.17) is 17.3 Å². The van der Waals surface area contributed by atoms with Crippen molar-refractivity contribution < 1.29 is 4.92 Å². The molecule has 0 aliphatic carbocycles. The average molecular weight is 309 g/mol. The van der Waals surface area contributed by atoms with Gasteiger partial charge in [0.15, 0.2) is 0 Å². The summed E-state index contributed by atoms with van der Waals surface area (Å²) in [5.74, 6) is 0.0693. The zero-order valence-corrected chi connectivity index (χ0v) is 12.9. The van der Waals surface area contributed by atoms with Gasteiger partial charge in [-0.05, 0) is 17.7 Å². The van der Waals surface area contributed by atoms with Gasteiger partial charge in [0.2, 0.25) is 5.82 Å². The molecule has 0 radical (unpaired) electrons. The van der Waals surface area contributed by atoms with E-state index in [9.17, 15) is 10.1 Å². The minimum absolute atomic E-state index is 0.0693. The number of hydrogen-bond donors (Lipinski definition) is 1. The van der Waals surface area contributed by atoms with Crippen molar-refractivity contribution in [1.29, 1.82) is 0 Å². The quantitative estimate of drug-likeness (QED) is 0.695. The molecule has 0 aliphatic heterocycles. The summed E-state index contributed by atoms with van der Waals surface area (Å²) in [4.78, 5) is 10.8. The number of nitrogen functional groups attached to an aromatic ring is 1. The Morgan fingerprint density at radius 2 is 1.90 bits per heavy atom. The standard InChI is InChI=1S/C14H17ClN4O2/c1-14(2,3)12-11(19(20)21)13(16)18(17-12)8-9-4-6-10(15)7-5-9/h4-7H,8,16H2,1-3H3. The van der Waals surface area contributed by atoms with E-state index >= 15 is 0 Å². The van der Waals surface area contributed by atoms with Crippen molar-refractivity contribution in [3.05, 3.63) is 50.7 Å². The first-order valence-electron chi connectivity index (χ1n) is 6.45. The second-order valence-corrected chi connectivity index (χ2v) is 6.31. The van der Waals surface area contributed by atoms with E-state index < -0.39 is 10.3 Å². The molecule has 0 unspecified atom stereocenters. The lowest BCUT2D eigenvalue weighted by Crippen LogP contribution is -2.14. The zero-order valence-electron chi connectivity index (χ0n) is 12.1. The fourth-order valence-corrected chi connectivity index (χ4v) is 2.16. The molecule has 0 aliphatic rings. The molecule has 0 saturated carbocycles. The largest absolute Gasteiger partial charge is 0.378 e. The third kappa shape index (κ3) is 3.16. The Bertz CT molecular complexity index is 672. The van der Waals surface area contributed by atoms with Crippen LogP contribution < -0.4 is 5.73 Å². The van der Waals surface area contributed by atoms with Gasteiger partial charge in [-0.2, -0.15) is 5.10 Å². The molecule has 7 heteroatoms. The molecule has 0 amide bonds. The smallest absolute Gasteiger partial charge is 0.334 e. The zero-order chi connectivity index (χ0) is 15.8. The number of nitrogens with zero attached hydrogens (tertiary/aromatic N) is 3. The molecule has 1 heterocycles. The third-order valence-corrected chi connectivity index (χ3v) is 3.36. The van der Waals surface area contributed by atoms with E-state index in [-0.39, 0.29) is 11.5 Å². The van der Waals surface area contributed by atoms with Crippen LogP contribution >= 0.6 is 11.6 Å². The summed E-state index contributed by atoms with van der Waals surface area (Å²) >= 11 is 5.84. The van der Waals surface area contributed by atoms with Crippen molar-refractivity contribution in [3.8, 4) is 0 Å². The number of hydrogen-bond acceptors (Lipinski definition) is 4. The lowest BCUT2D eigenvalue weighted by atomic mass is 9.91. The monoisotopic (exact) mass is 308 g/mol. The van der Waals surface area contributed by atoms with Crippen molar-refractivity contribution in [2.45, 2.75) is 32.7 Å². The predicted octanol–water partition coefficient (Wildman–Crippen LogP) is 3.37. The first kappa shape index (κ1) is 15.3. The van der Waals surface area contributed by atoms with Gasteiger partial charge >= 0.3 is 5.69 Å². The van der Waals surface area contributed by atoms with Gasteiger partial charge in [-0.3, -0.25) is 10.1 Å². The second kappa shape index (κ2) is 5.37. The summed E-state index contributed by atoms with van der Waals surface area (Å²) in [6, 6.07) is 7.20. The molecule has 1 aromatic heterocycles. The molecule has 112 valence electrons. The maximum Gasteiger partial charge on any atom is 0.334 e. The summed E-state index contributed by atoms with van der Waals surface area (Å²) in [5, 5.41) is 16.2. The fraction of sp³-hybridized carbons (Fsp3) is 0.357. The van der Waals surface area contributed by atoms with Gasteiger partial charge in [-0.15, -0.1) is 0 Å². The van der Waals surface area contributed by atoms with E-state index in [0.717, 1.165) is 5.56 Å². The van der Waals surface area contributed by atoms with Crippen LogP contribution in [0.5, 0.6) is 0 Å². The van der Waals surface area contributed by atoms with E-state index in [1.165, 1.54) is 4.68 Å². The van der Waals surface area contributed by atoms with Crippen LogP contribution in [-0.2, 0) is 12.0 Å². The highest BCUT2D eigenvalue weighted by Gasteiger charge is 2.33. The number of anilines is 1. The molecule has 2 aromatic rings. The first-order valence-corrected chi connectivity index (χ1v) is 6.83. The van der Waals surface area contributed by atoms with Crippen LogP contribution in [0.3, 0.4) is 0 Å². The van der Waals surface area contributed by atoms with Crippen LogP contribution in [-0.4, -0.2) is 14.7 Å². The average Bonchev–Trinajstić information content (AvgIpc) is 2.70. The summed E-state index contributed by atoms with van der Waals surface area (Å²) in [7, 11) is 0. The summed E-state index contributed by atoms with van der Waals surface area (Å²) in [5.41, 5.74) is 6.65. The minimum Gasteiger partial charge on any atom is -0.378 e. The number of nitrogens with two attached hydrogens (primary N) is 1. The van der Waals surface area contributed by atoms with Crippen LogP contribution in [0.4, 0.5) is 11.5 Å². The summed E-state index contributed by atoms with van der Waals surface area (Å²) in [6.07, 6.45) is 0. The van der Waals surface area contributed by atoms with Gasteiger partial charge in [0.1, 0.15) is 5.69 Å². The molecule has 0 saturated heterocycles. The first-order chi connectivity index (χ1) is 9.70. The van der Waals surface area contributed by atoms with Crippen molar-refractivity contribution in [2.24, 2.45) is 0 Å². The summed E-state index contributed by atoms with van der Waals surface area (Å²) < 4.78 is 1.46. The second-order valence-electron chi connectivity index (χ2n) is 5.87.